The van der Waals surface area contributed by atoms with Gasteiger partial charge < -0.3 is 8.98 Å². The second-order valence-corrected chi connectivity index (χ2v) is 10.8. The molecule has 0 bridgehead atoms. The summed E-state index contributed by atoms with van der Waals surface area (Å²) in [5.74, 6) is 0. The molecule has 1 fully saturated rings. The zero-order chi connectivity index (χ0) is 23.7. The molecule has 1 saturated carbocycles. The molecule has 0 atom stereocenters. The lowest BCUT2D eigenvalue weighted by Gasteiger charge is -2.25. The summed E-state index contributed by atoms with van der Waals surface area (Å²) in [4.78, 5) is 13.7. The van der Waals surface area contributed by atoms with Gasteiger partial charge in [-0.3, -0.25) is 0 Å². The molecular formula is C25H20BrCl2N3O2S. The van der Waals surface area contributed by atoms with Gasteiger partial charge in [0.15, 0.2) is 0 Å². The van der Waals surface area contributed by atoms with Crippen LogP contribution in [0.4, 0.5) is 0 Å². The van der Waals surface area contributed by atoms with Gasteiger partial charge >= 0.3 is 5.63 Å². The highest BCUT2D eigenvalue weighted by Crippen LogP contribution is 2.32. The number of benzene rings is 2. The van der Waals surface area contributed by atoms with Gasteiger partial charge in [-0.15, -0.1) is 16.4 Å². The molecule has 1 aliphatic carbocycles. The van der Waals surface area contributed by atoms with Gasteiger partial charge in [-0.25, -0.2) is 4.79 Å². The van der Waals surface area contributed by atoms with E-state index in [1.807, 2.05) is 29.6 Å². The zero-order valence-electron chi connectivity index (χ0n) is 18.0. The predicted molar refractivity (Wildman–Crippen MR) is 143 cm³/mol. The van der Waals surface area contributed by atoms with E-state index in [1.165, 1.54) is 17.8 Å². The van der Waals surface area contributed by atoms with Crippen molar-refractivity contribution in [2.24, 2.45) is 10.2 Å². The number of thiazole rings is 1. The SMILES string of the molecule is O=c1oc2ccc(Br)cc2cc1-c1cs/c(=N/N=C/c2ccc(Cl)c(Cl)c2)n1C1CCCCC1. The molecule has 0 N–H and O–H groups in total. The third kappa shape index (κ3) is 4.93. The van der Waals surface area contributed by atoms with Gasteiger partial charge in [-0.2, -0.15) is 5.10 Å². The van der Waals surface area contributed by atoms with E-state index in [2.05, 4.69) is 30.7 Å². The van der Waals surface area contributed by atoms with Crippen molar-refractivity contribution in [2.45, 2.75) is 38.1 Å². The van der Waals surface area contributed by atoms with E-state index in [-0.39, 0.29) is 11.7 Å². The number of aromatic nitrogens is 1. The molecule has 0 spiro atoms. The summed E-state index contributed by atoms with van der Waals surface area (Å²) in [6.45, 7) is 0. The van der Waals surface area contributed by atoms with E-state index >= 15 is 0 Å². The quantitative estimate of drug-likeness (QED) is 0.141. The van der Waals surface area contributed by atoms with Crippen LogP contribution in [0.1, 0.15) is 43.7 Å². The fourth-order valence-electron chi connectivity index (χ4n) is 4.29. The average Bonchev–Trinajstić information content (AvgIpc) is 3.25. The van der Waals surface area contributed by atoms with Crippen LogP contribution < -0.4 is 10.4 Å². The van der Waals surface area contributed by atoms with Crippen molar-refractivity contribution in [2.75, 3.05) is 0 Å². The molecule has 0 amide bonds. The normalized spacial score (nSPS) is 15.6. The minimum absolute atomic E-state index is 0.256. The summed E-state index contributed by atoms with van der Waals surface area (Å²) in [7, 11) is 0. The lowest BCUT2D eigenvalue weighted by atomic mass is 9.95. The number of fused-ring (bicyclic) bond motifs is 1. The second kappa shape index (κ2) is 10.2. The van der Waals surface area contributed by atoms with Crippen LogP contribution in [-0.4, -0.2) is 10.8 Å². The monoisotopic (exact) mass is 575 g/mol. The summed E-state index contributed by atoms with van der Waals surface area (Å²) >= 11 is 17.1. The Labute approximate surface area is 218 Å². The Hall–Kier alpha value is -2.19. The smallest absolute Gasteiger partial charge is 0.345 e. The molecule has 9 heteroatoms. The van der Waals surface area contributed by atoms with Crippen molar-refractivity contribution in [3.63, 3.8) is 0 Å². The van der Waals surface area contributed by atoms with Crippen LogP contribution in [0.25, 0.3) is 22.2 Å². The molecule has 0 unspecified atom stereocenters. The van der Waals surface area contributed by atoms with Gasteiger partial charge in [-0.1, -0.05) is 64.5 Å². The summed E-state index contributed by atoms with van der Waals surface area (Å²) in [5, 5.41) is 12.6. The first-order valence-corrected chi connectivity index (χ1v) is 13.4. The Bertz CT molecular complexity index is 1520. The van der Waals surface area contributed by atoms with E-state index in [9.17, 15) is 4.79 Å². The fourth-order valence-corrected chi connectivity index (χ4v) is 5.89. The molecule has 1 aliphatic rings. The number of nitrogens with zero attached hydrogens (tertiary/aromatic N) is 3. The maximum atomic E-state index is 13.0. The summed E-state index contributed by atoms with van der Waals surface area (Å²) in [6.07, 6.45) is 7.26. The summed E-state index contributed by atoms with van der Waals surface area (Å²) in [5.41, 5.74) is 2.36. The van der Waals surface area contributed by atoms with Gasteiger partial charge in [0, 0.05) is 21.3 Å². The Morgan fingerprint density at radius 1 is 1.06 bits per heavy atom. The first-order valence-electron chi connectivity index (χ1n) is 11.0. The van der Waals surface area contributed by atoms with Crippen molar-refractivity contribution in [1.29, 1.82) is 0 Å². The molecule has 4 aromatic rings. The molecule has 2 heterocycles. The Balaban J connectivity index is 1.61. The van der Waals surface area contributed by atoms with E-state index in [0.29, 0.717) is 21.2 Å². The van der Waals surface area contributed by atoms with E-state index in [1.54, 1.807) is 24.4 Å². The summed E-state index contributed by atoms with van der Waals surface area (Å²) in [6, 6.07) is 13.1. The molecule has 0 aliphatic heterocycles. The minimum atomic E-state index is -0.358. The predicted octanol–water partition coefficient (Wildman–Crippen LogP) is 7.83. The van der Waals surface area contributed by atoms with Crippen LogP contribution in [-0.2, 0) is 0 Å². The van der Waals surface area contributed by atoms with Crippen LogP contribution in [0.2, 0.25) is 10.0 Å². The average molecular weight is 577 g/mol. The van der Waals surface area contributed by atoms with Gasteiger partial charge in [0.05, 0.1) is 27.5 Å². The number of halogens is 3. The van der Waals surface area contributed by atoms with E-state index in [0.717, 1.165) is 51.6 Å². The molecule has 0 radical (unpaired) electrons. The van der Waals surface area contributed by atoms with E-state index < -0.39 is 0 Å². The summed E-state index contributed by atoms with van der Waals surface area (Å²) < 4.78 is 8.73. The first kappa shape index (κ1) is 23.5. The molecule has 0 saturated heterocycles. The van der Waals surface area contributed by atoms with Crippen LogP contribution in [0.15, 0.2) is 71.7 Å². The maximum Gasteiger partial charge on any atom is 0.345 e. The Morgan fingerprint density at radius 3 is 2.68 bits per heavy atom. The molecule has 2 aromatic carbocycles. The lowest BCUT2D eigenvalue weighted by Crippen LogP contribution is -2.24. The molecule has 5 nitrogen and oxygen atoms in total. The highest BCUT2D eigenvalue weighted by atomic mass is 79.9. The molecule has 5 rings (SSSR count). The minimum Gasteiger partial charge on any atom is -0.422 e. The van der Waals surface area contributed by atoms with Crippen LogP contribution in [0, 0.1) is 0 Å². The number of hydrogen-bond acceptors (Lipinski definition) is 5. The molecular weight excluding hydrogens is 557 g/mol. The van der Waals surface area contributed by atoms with Crippen molar-refractivity contribution in [3.8, 4) is 11.3 Å². The largest absolute Gasteiger partial charge is 0.422 e. The topological polar surface area (TPSA) is 59.9 Å². The zero-order valence-corrected chi connectivity index (χ0v) is 21.9. The third-order valence-corrected chi connectivity index (χ3v) is 8.01. The van der Waals surface area contributed by atoms with Crippen LogP contribution in [0.5, 0.6) is 0 Å². The molecule has 2 aromatic heterocycles. The molecule has 34 heavy (non-hydrogen) atoms. The standard InChI is InChI=1S/C25H20BrCl2N3O2S/c26-17-7-9-23-16(11-17)12-19(24(32)33-23)22-14-34-25(31(22)18-4-2-1-3-5-18)30-29-13-15-6-8-20(27)21(28)10-15/h6-14,18H,1-5H2/b29-13+,30-25+. The first-order chi connectivity index (χ1) is 16.5. The fraction of sp³-hybridized carbons (Fsp3) is 0.240. The van der Waals surface area contributed by atoms with Crippen molar-refractivity contribution in [1.82, 2.24) is 4.57 Å². The van der Waals surface area contributed by atoms with Crippen molar-refractivity contribution >= 4 is 67.7 Å². The van der Waals surface area contributed by atoms with Gasteiger partial charge in [0.2, 0.25) is 4.80 Å². The van der Waals surface area contributed by atoms with Crippen LogP contribution in [0.3, 0.4) is 0 Å². The van der Waals surface area contributed by atoms with E-state index in [4.69, 9.17) is 27.6 Å². The Kier molecular flexibility index (Phi) is 7.06. The Morgan fingerprint density at radius 2 is 1.88 bits per heavy atom. The van der Waals surface area contributed by atoms with Gasteiger partial charge in [-0.05, 0) is 54.8 Å². The third-order valence-electron chi connectivity index (χ3n) is 5.95. The highest BCUT2D eigenvalue weighted by Gasteiger charge is 2.22. The number of rotatable bonds is 4. The highest BCUT2D eigenvalue weighted by molar-refractivity contribution is 9.10. The van der Waals surface area contributed by atoms with Gasteiger partial charge in [0.1, 0.15) is 5.58 Å². The van der Waals surface area contributed by atoms with Crippen LogP contribution >= 0.6 is 50.5 Å². The lowest BCUT2D eigenvalue weighted by molar-refractivity contribution is 0.350. The number of hydrogen-bond donors (Lipinski definition) is 0. The second-order valence-electron chi connectivity index (χ2n) is 8.21. The maximum absolute atomic E-state index is 13.0. The van der Waals surface area contributed by atoms with Gasteiger partial charge in [0.25, 0.3) is 0 Å². The van der Waals surface area contributed by atoms with Crippen molar-refractivity contribution in [3.05, 3.63) is 83.1 Å². The molecule has 174 valence electrons. The van der Waals surface area contributed by atoms with Crippen molar-refractivity contribution < 1.29 is 4.42 Å².